The fraction of sp³-hybridized carbons (Fsp3) is 0.577. The Kier molecular flexibility index (Phi) is 8.06. The third-order valence-electron chi connectivity index (χ3n) is 7.68. The Morgan fingerprint density at radius 1 is 1.23 bits per heavy atom. The van der Waals surface area contributed by atoms with Crippen molar-refractivity contribution in [1.82, 2.24) is 15.3 Å². The second kappa shape index (κ2) is 11.2. The Morgan fingerprint density at radius 2 is 1.98 bits per heavy atom. The van der Waals surface area contributed by atoms with Crippen molar-refractivity contribution in [2.45, 2.75) is 49.4 Å². The number of sulfone groups is 2. The normalized spacial score (nSPS) is 23.5. The van der Waals surface area contributed by atoms with Crippen LogP contribution < -0.4 is 15.5 Å². The van der Waals surface area contributed by atoms with Gasteiger partial charge in [0.1, 0.15) is 10.6 Å². The summed E-state index contributed by atoms with van der Waals surface area (Å²) in [7, 11) is -6.65. The molecule has 218 valence electrons. The lowest BCUT2D eigenvalue weighted by atomic mass is 10.1. The van der Waals surface area contributed by atoms with E-state index in [1.165, 1.54) is 0 Å². The highest BCUT2D eigenvalue weighted by atomic mass is 32.2. The van der Waals surface area contributed by atoms with Crippen LogP contribution in [0.25, 0.3) is 11.4 Å². The number of ether oxygens (including phenoxy) is 1. The third kappa shape index (κ3) is 6.09. The number of urea groups is 1. The smallest absolute Gasteiger partial charge is 0.319 e. The lowest BCUT2D eigenvalue weighted by molar-refractivity contribution is 0.0985. The van der Waals surface area contributed by atoms with Crippen LogP contribution >= 0.6 is 0 Å². The van der Waals surface area contributed by atoms with Gasteiger partial charge in [-0.3, -0.25) is 0 Å². The molecule has 12 nitrogen and oxygen atoms in total. The topological polar surface area (TPSA) is 168 Å². The zero-order valence-electron chi connectivity index (χ0n) is 22.4. The molecule has 3 aliphatic rings. The van der Waals surface area contributed by atoms with Crippen molar-refractivity contribution in [1.29, 1.82) is 0 Å². The second-order valence-corrected chi connectivity index (χ2v) is 15.4. The van der Waals surface area contributed by atoms with Gasteiger partial charge in [0.25, 0.3) is 0 Å². The molecule has 5 rings (SSSR count). The van der Waals surface area contributed by atoms with E-state index in [2.05, 4.69) is 15.5 Å². The number of morpholine rings is 1. The van der Waals surface area contributed by atoms with Gasteiger partial charge in [0.15, 0.2) is 25.5 Å². The first-order chi connectivity index (χ1) is 19.0. The Morgan fingerprint density at radius 3 is 2.60 bits per heavy atom. The van der Waals surface area contributed by atoms with E-state index in [0.717, 1.165) is 0 Å². The molecule has 1 unspecified atom stereocenters. The Balaban J connectivity index is 1.41. The molecular weight excluding hydrogens is 558 g/mol. The summed E-state index contributed by atoms with van der Waals surface area (Å²) < 4.78 is 54.4. The van der Waals surface area contributed by atoms with E-state index in [1.54, 1.807) is 30.3 Å². The Bertz CT molecular complexity index is 1460. The summed E-state index contributed by atoms with van der Waals surface area (Å²) in [4.78, 5) is 24.0. The molecule has 2 aliphatic heterocycles. The minimum Gasteiger partial charge on any atom is -0.396 e. The van der Waals surface area contributed by atoms with Crippen LogP contribution in [0.1, 0.15) is 38.3 Å². The van der Waals surface area contributed by atoms with E-state index in [-0.39, 0.29) is 36.3 Å². The molecule has 2 aromatic rings. The minimum absolute atomic E-state index is 0.0467. The third-order valence-corrected chi connectivity index (χ3v) is 12.1. The van der Waals surface area contributed by atoms with Gasteiger partial charge in [0, 0.05) is 36.5 Å². The lowest BCUT2D eigenvalue weighted by Crippen LogP contribution is -2.44. The summed E-state index contributed by atoms with van der Waals surface area (Å²) in [6, 6.07) is 7.81. The van der Waals surface area contributed by atoms with Crippen molar-refractivity contribution < 1.29 is 31.5 Å². The van der Waals surface area contributed by atoms with Gasteiger partial charge in [0.2, 0.25) is 0 Å². The second-order valence-electron chi connectivity index (χ2n) is 10.7. The molecule has 0 radical (unpaired) electrons. The molecular formula is C26H35N5O7S2. The summed E-state index contributed by atoms with van der Waals surface area (Å²) in [5, 5.41) is 14.6. The van der Waals surface area contributed by atoms with Crippen LogP contribution in [-0.4, -0.2) is 93.6 Å². The number of hydrogen-bond donors (Lipinski definition) is 3. The molecule has 0 bridgehead atoms. The number of rotatable bonds is 9. The zero-order chi connectivity index (χ0) is 28.5. The maximum atomic E-state index is 13.3. The van der Waals surface area contributed by atoms with Crippen LogP contribution in [0, 0.1) is 0 Å². The highest BCUT2D eigenvalue weighted by molar-refractivity contribution is 7.92. The predicted octanol–water partition coefficient (Wildman–Crippen LogP) is 1.46. The molecule has 3 N–H and O–H groups in total. The van der Waals surface area contributed by atoms with E-state index in [1.807, 2.05) is 6.92 Å². The van der Waals surface area contributed by atoms with Gasteiger partial charge in [-0.05, 0) is 56.9 Å². The number of carbonyl (C=O) groups is 1. The fourth-order valence-electron chi connectivity index (χ4n) is 5.27. The largest absolute Gasteiger partial charge is 0.396 e. The van der Waals surface area contributed by atoms with Crippen molar-refractivity contribution in [2.75, 3.05) is 53.8 Å². The van der Waals surface area contributed by atoms with Gasteiger partial charge in [-0.1, -0.05) is 0 Å². The van der Waals surface area contributed by atoms with Gasteiger partial charge in [-0.2, -0.15) is 0 Å². The molecule has 1 aromatic carbocycles. The molecule has 2 atom stereocenters. The van der Waals surface area contributed by atoms with Crippen LogP contribution in [-0.2, 0) is 29.2 Å². The number of hydrogen-bond acceptors (Lipinski definition) is 10. The summed E-state index contributed by atoms with van der Waals surface area (Å²) in [6.07, 6.45) is 1.50. The Hall–Kier alpha value is -2.81. The number of benzene rings is 1. The van der Waals surface area contributed by atoms with Gasteiger partial charge in [0.05, 0.1) is 42.2 Å². The Labute approximate surface area is 234 Å². The molecule has 2 saturated heterocycles. The molecule has 1 saturated carbocycles. The van der Waals surface area contributed by atoms with E-state index in [9.17, 15) is 26.7 Å². The fourth-order valence-corrected chi connectivity index (χ4v) is 8.99. The molecule has 40 heavy (non-hydrogen) atoms. The van der Waals surface area contributed by atoms with Crippen LogP contribution in [0.5, 0.6) is 0 Å². The number of aromatic nitrogens is 2. The maximum Gasteiger partial charge on any atom is 0.319 e. The number of aliphatic hydroxyl groups is 1. The SMILES string of the molecule is C[C@H]1COCCN1c1cc(C2(S(=O)(=O)CCCO)CC2)nc(-c2ccc(NC(=O)NC3CCS(=O)(=O)C3)cc2)n1. The highest BCUT2D eigenvalue weighted by Crippen LogP contribution is 2.53. The number of nitrogens with zero attached hydrogens (tertiary/aromatic N) is 3. The van der Waals surface area contributed by atoms with Gasteiger partial charge in [-0.25, -0.2) is 31.6 Å². The summed E-state index contributed by atoms with van der Waals surface area (Å²) in [5.74, 6) is 0.908. The van der Waals surface area contributed by atoms with E-state index < -0.39 is 36.5 Å². The average Bonchev–Trinajstić information content (AvgIpc) is 3.68. The van der Waals surface area contributed by atoms with Crippen molar-refractivity contribution in [3.63, 3.8) is 0 Å². The quantitative estimate of drug-likeness (QED) is 0.387. The molecule has 3 heterocycles. The van der Waals surface area contributed by atoms with Gasteiger partial charge in [-0.15, -0.1) is 0 Å². The van der Waals surface area contributed by atoms with E-state index in [0.29, 0.717) is 67.6 Å². The molecule has 1 aliphatic carbocycles. The van der Waals surface area contributed by atoms with Crippen LogP contribution in [0.4, 0.5) is 16.3 Å². The summed E-state index contributed by atoms with van der Waals surface area (Å²) in [6.45, 7) is 3.51. The molecule has 14 heteroatoms. The molecule has 0 spiro atoms. The first-order valence-electron chi connectivity index (χ1n) is 13.5. The van der Waals surface area contributed by atoms with E-state index in [4.69, 9.17) is 14.7 Å². The lowest BCUT2D eigenvalue weighted by Gasteiger charge is -2.34. The number of anilines is 2. The van der Waals surface area contributed by atoms with Crippen molar-refractivity contribution >= 4 is 37.2 Å². The van der Waals surface area contributed by atoms with Crippen LogP contribution in [0.15, 0.2) is 30.3 Å². The van der Waals surface area contributed by atoms with Crippen LogP contribution in [0.3, 0.4) is 0 Å². The summed E-state index contributed by atoms with van der Waals surface area (Å²) in [5.41, 5.74) is 1.61. The van der Waals surface area contributed by atoms with Gasteiger partial charge < -0.3 is 25.4 Å². The molecule has 1 aromatic heterocycles. The van der Waals surface area contributed by atoms with Crippen molar-refractivity contribution in [3.05, 3.63) is 36.0 Å². The summed E-state index contributed by atoms with van der Waals surface area (Å²) >= 11 is 0. The molecule has 3 fully saturated rings. The van der Waals surface area contributed by atoms with Gasteiger partial charge >= 0.3 is 6.03 Å². The first kappa shape index (κ1) is 28.7. The number of carbonyl (C=O) groups excluding carboxylic acids is 1. The predicted molar refractivity (Wildman–Crippen MR) is 151 cm³/mol. The van der Waals surface area contributed by atoms with Crippen molar-refractivity contribution in [2.24, 2.45) is 0 Å². The van der Waals surface area contributed by atoms with Crippen LogP contribution in [0.2, 0.25) is 0 Å². The highest BCUT2D eigenvalue weighted by Gasteiger charge is 2.56. The number of aliphatic hydroxyl groups excluding tert-OH is 1. The zero-order valence-corrected chi connectivity index (χ0v) is 24.0. The molecule has 2 amide bonds. The number of amides is 2. The van der Waals surface area contributed by atoms with E-state index >= 15 is 0 Å². The maximum absolute atomic E-state index is 13.3. The monoisotopic (exact) mass is 593 g/mol. The minimum atomic E-state index is -3.55. The first-order valence-corrected chi connectivity index (χ1v) is 16.9. The standard InChI is InChI=1S/C26H35N5O7S2/c1-18-16-38-12-10-31(18)23-15-22(26(8-9-26)40(36,37)13-2-11-32)29-24(30-23)19-3-5-20(6-4-19)27-25(33)28-21-7-14-39(34,35)17-21/h3-6,15,18,21,32H,2,7-14,16-17H2,1H3,(H2,27,28,33)/t18-,21?/m0/s1. The van der Waals surface area contributed by atoms with Crippen molar-refractivity contribution in [3.8, 4) is 11.4 Å². The average molecular weight is 594 g/mol. The number of nitrogens with one attached hydrogen (secondary N) is 2.